The molecule has 166 valence electrons. The number of aromatic nitrogens is 2. The van der Waals surface area contributed by atoms with Crippen molar-refractivity contribution >= 4 is 50.1 Å². The van der Waals surface area contributed by atoms with E-state index < -0.39 is 10.0 Å². The molecule has 1 aromatic heterocycles. The number of nitrogens with one attached hydrogen (secondary N) is 1. The Labute approximate surface area is 195 Å². The van der Waals surface area contributed by atoms with E-state index in [4.69, 9.17) is 11.6 Å². The summed E-state index contributed by atoms with van der Waals surface area (Å²) < 4.78 is 32.3. The van der Waals surface area contributed by atoms with E-state index in [1.165, 1.54) is 16.3 Å². The predicted molar refractivity (Wildman–Crippen MR) is 130 cm³/mol. The van der Waals surface area contributed by atoms with Gasteiger partial charge in [-0.05, 0) is 61.9 Å². The van der Waals surface area contributed by atoms with Crippen LogP contribution in [0.3, 0.4) is 0 Å². The van der Waals surface area contributed by atoms with Gasteiger partial charge in [-0.3, -0.25) is 13.9 Å². The molecule has 0 saturated carbocycles. The number of anilines is 1. The first-order valence-electron chi connectivity index (χ1n) is 9.80. The molecule has 0 aliphatic rings. The molecule has 6 nitrogen and oxygen atoms in total. The number of imidazole rings is 1. The topological polar surface area (TPSA) is 73.1 Å². The van der Waals surface area contributed by atoms with Crippen LogP contribution >= 0.6 is 23.4 Å². The van der Waals surface area contributed by atoms with Gasteiger partial charge in [0.1, 0.15) is 0 Å². The van der Waals surface area contributed by atoms with Gasteiger partial charge in [0.05, 0.1) is 21.6 Å². The molecular formula is C23H22ClN3O3S2. The van der Waals surface area contributed by atoms with Crippen LogP contribution in [0.1, 0.15) is 11.1 Å². The van der Waals surface area contributed by atoms with Gasteiger partial charge in [0.2, 0.25) is 0 Å². The highest BCUT2D eigenvalue weighted by molar-refractivity contribution is 7.99. The summed E-state index contributed by atoms with van der Waals surface area (Å²) in [6, 6.07) is 16.0. The van der Waals surface area contributed by atoms with Crippen molar-refractivity contribution in [2.24, 2.45) is 14.1 Å². The molecule has 4 aromatic rings. The molecule has 1 heterocycles. The molecule has 9 heteroatoms. The number of rotatable bonds is 5. The Bertz CT molecular complexity index is 1500. The van der Waals surface area contributed by atoms with Crippen LogP contribution in [0.25, 0.3) is 11.0 Å². The lowest BCUT2D eigenvalue weighted by Gasteiger charge is -2.15. The Morgan fingerprint density at radius 2 is 1.53 bits per heavy atom. The lowest BCUT2D eigenvalue weighted by Crippen LogP contribution is -2.19. The summed E-state index contributed by atoms with van der Waals surface area (Å²) in [5.74, 6) is 0. The maximum absolute atomic E-state index is 13.3. The first kappa shape index (κ1) is 22.5. The molecule has 0 aliphatic heterocycles. The largest absolute Gasteiger partial charge is 0.328 e. The van der Waals surface area contributed by atoms with Gasteiger partial charge in [0.15, 0.2) is 0 Å². The fourth-order valence-corrected chi connectivity index (χ4v) is 6.03. The fourth-order valence-electron chi connectivity index (χ4n) is 3.62. The minimum absolute atomic E-state index is 0.183. The van der Waals surface area contributed by atoms with E-state index in [-0.39, 0.29) is 10.6 Å². The molecule has 0 spiro atoms. The molecule has 0 radical (unpaired) electrons. The highest BCUT2D eigenvalue weighted by Crippen LogP contribution is 2.38. The molecule has 0 unspecified atom stereocenters. The number of aryl methyl sites for hydroxylation is 4. The first-order chi connectivity index (χ1) is 15.1. The van der Waals surface area contributed by atoms with Gasteiger partial charge in [0, 0.05) is 28.9 Å². The molecule has 32 heavy (non-hydrogen) atoms. The van der Waals surface area contributed by atoms with E-state index >= 15 is 0 Å². The van der Waals surface area contributed by atoms with E-state index in [9.17, 15) is 13.2 Å². The summed E-state index contributed by atoms with van der Waals surface area (Å²) in [7, 11) is -0.485. The van der Waals surface area contributed by atoms with Gasteiger partial charge in [-0.15, -0.1) is 0 Å². The van der Waals surface area contributed by atoms with Crippen LogP contribution < -0.4 is 10.4 Å². The third-order valence-corrected chi connectivity index (χ3v) is 8.12. The Balaban J connectivity index is 1.86. The van der Waals surface area contributed by atoms with Crippen molar-refractivity contribution in [2.45, 2.75) is 28.5 Å². The van der Waals surface area contributed by atoms with Crippen LogP contribution in [0.2, 0.25) is 5.02 Å². The quantitative estimate of drug-likeness (QED) is 0.425. The Hall–Kier alpha value is -2.68. The van der Waals surface area contributed by atoms with Crippen molar-refractivity contribution in [1.29, 1.82) is 0 Å². The lowest BCUT2D eigenvalue weighted by atomic mass is 10.2. The van der Waals surface area contributed by atoms with E-state index in [1.807, 2.05) is 31.2 Å². The molecular weight excluding hydrogens is 466 g/mol. The zero-order chi connectivity index (χ0) is 23.2. The Morgan fingerprint density at radius 1 is 0.906 bits per heavy atom. The number of halogens is 1. The molecule has 0 amide bonds. The van der Waals surface area contributed by atoms with Crippen LogP contribution in [-0.2, 0) is 24.1 Å². The van der Waals surface area contributed by atoms with Crippen molar-refractivity contribution < 1.29 is 8.42 Å². The van der Waals surface area contributed by atoms with Crippen LogP contribution in [0.15, 0.2) is 74.1 Å². The van der Waals surface area contributed by atoms with Gasteiger partial charge in [0.25, 0.3) is 10.0 Å². The maximum Gasteiger partial charge on any atom is 0.328 e. The molecule has 0 saturated heterocycles. The number of nitrogens with zero attached hydrogens (tertiary/aromatic N) is 2. The highest BCUT2D eigenvalue weighted by atomic mass is 35.5. The monoisotopic (exact) mass is 487 g/mol. The van der Waals surface area contributed by atoms with Crippen molar-refractivity contribution in [2.75, 3.05) is 4.72 Å². The average Bonchev–Trinajstić information content (AvgIpc) is 2.93. The normalized spacial score (nSPS) is 11.8. The summed E-state index contributed by atoms with van der Waals surface area (Å²) in [5, 5.41) is 0.617. The molecule has 4 rings (SSSR count). The molecule has 1 N–H and O–H groups in total. The number of hydrogen-bond donors (Lipinski definition) is 1. The zero-order valence-electron chi connectivity index (χ0n) is 18.0. The minimum Gasteiger partial charge on any atom is -0.295 e. The first-order valence-corrected chi connectivity index (χ1v) is 12.5. The number of hydrogen-bond acceptors (Lipinski definition) is 4. The summed E-state index contributed by atoms with van der Waals surface area (Å²) in [5.41, 5.74) is 3.22. The molecule has 0 bridgehead atoms. The van der Waals surface area contributed by atoms with E-state index in [0.29, 0.717) is 32.2 Å². The summed E-state index contributed by atoms with van der Waals surface area (Å²) in [6.45, 7) is 3.69. The van der Waals surface area contributed by atoms with Gasteiger partial charge >= 0.3 is 5.69 Å². The smallest absolute Gasteiger partial charge is 0.295 e. The second-order valence-corrected chi connectivity index (χ2v) is 10.9. The number of fused-ring (bicyclic) bond motifs is 1. The van der Waals surface area contributed by atoms with Crippen LogP contribution in [-0.4, -0.2) is 17.6 Å². The van der Waals surface area contributed by atoms with E-state index in [0.717, 1.165) is 10.5 Å². The van der Waals surface area contributed by atoms with Gasteiger partial charge < -0.3 is 0 Å². The van der Waals surface area contributed by atoms with Gasteiger partial charge in [-0.25, -0.2) is 13.2 Å². The van der Waals surface area contributed by atoms with Crippen molar-refractivity contribution in [3.05, 3.63) is 81.2 Å². The van der Waals surface area contributed by atoms with Gasteiger partial charge in [-0.1, -0.05) is 41.1 Å². The number of benzene rings is 3. The molecule has 3 aromatic carbocycles. The highest BCUT2D eigenvalue weighted by Gasteiger charge is 2.21. The van der Waals surface area contributed by atoms with Crippen LogP contribution in [0, 0.1) is 13.8 Å². The molecule has 0 fully saturated rings. The zero-order valence-corrected chi connectivity index (χ0v) is 20.4. The second kappa shape index (κ2) is 8.35. The standard InChI is InChI=1S/C23H22ClN3O3S2/c1-14-5-10-22(15(2)11-14)32(29,30)25-18-12-19-20(27(4)23(28)26(19)3)13-21(18)31-17-8-6-16(24)7-9-17/h5-13,25H,1-4H3. The summed E-state index contributed by atoms with van der Waals surface area (Å²) in [4.78, 5) is 14.2. The average molecular weight is 488 g/mol. The Morgan fingerprint density at radius 3 is 2.16 bits per heavy atom. The predicted octanol–water partition coefficient (Wildman–Crippen LogP) is 5.10. The fraction of sp³-hybridized carbons (Fsp3) is 0.174. The van der Waals surface area contributed by atoms with Crippen molar-refractivity contribution in [1.82, 2.24) is 9.13 Å². The van der Waals surface area contributed by atoms with E-state index in [2.05, 4.69) is 4.72 Å². The SMILES string of the molecule is Cc1ccc(S(=O)(=O)Nc2cc3c(cc2Sc2ccc(Cl)cc2)n(C)c(=O)n3C)c(C)c1. The van der Waals surface area contributed by atoms with Crippen molar-refractivity contribution in [3.8, 4) is 0 Å². The van der Waals surface area contributed by atoms with Crippen molar-refractivity contribution in [3.63, 3.8) is 0 Å². The molecule has 0 atom stereocenters. The second-order valence-electron chi connectivity index (χ2n) is 7.67. The summed E-state index contributed by atoms with van der Waals surface area (Å²) >= 11 is 7.40. The van der Waals surface area contributed by atoms with E-state index in [1.54, 1.807) is 55.9 Å². The third-order valence-electron chi connectivity index (χ3n) is 5.28. The van der Waals surface area contributed by atoms with Gasteiger partial charge in [-0.2, -0.15) is 0 Å². The van der Waals surface area contributed by atoms with Crippen LogP contribution in [0.4, 0.5) is 5.69 Å². The van der Waals surface area contributed by atoms with Crippen LogP contribution in [0.5, 0.6) is 0 Å². The third kappa shape index (κ3) is 4.18. The number of sulfonamides is 1. The lowest BCUT2D eigenvalue weighted by molar-refractivity contribution is 0.600. The maximum atomic E-state index is 13.3. The summed E-state index contributed by atoms with van der Waals surface area (Å²) in [6.07, 6.45) is 0. The minimum atomic E-state index is -3.85. The Kier molecular flexibility index (Phi) is 5.87. The molecule has 0 aliphatic carbocycles.